The highest BCUT2D eigenvalue weighted by atomic mass is 16.5. The molecule has 0 heterocycles. The molecule has 0 aromatic heterocycles. The number of methoxy groups -OCH3 is 1. The number of ether oxygens (including phenoxy) is 1. The molecular formula is C24H23N3O3. The Morgan fingerprint density at radius 1 is 0.833 bits per heavy atom. The number of hydrogen-bond donors (Lipinski definition) is 3. The van der Waals surface area contributed by atoms with Gasteiger partial charge in [0.15, 0.2) is 11.6 Å². The summed E-state index contributed by atoms with van der Waals surface area (Å²) in [6.45, 7) is 1.50. The van der Waals surface area contributed by atoms with Crippen LogP contribution in [0.1, 0.15) is 37.4 Å². The van der Waals surface area contributed by atoms with Gasteiger partial charge in [0.25, 0.3) is 0 Å². The summed E-state index contributed by atoms with van der Waals surface area (Å²) in [7, 11) is 1.61. The Morgan fingerprint density at radius 2 is 1.47 bits per heavy atom. The Labute approximate surface area is 175 Å². The smallest absolute Gasteiger partial charge is 0.196 e. The molecule has 4 N–H and O–H groups in total. The predicted octanol–water partition coefficient (Wildman–Crippen LogP) is 3.71. The second-order valence-electron chi connectivity index (χ2n) is 7.10. The van der Waals surface area contributed by atoms with Crippen molar-refractivity contribution in [3.05, 3.63) is 88.5 Å². The number of nitrogens with one attached hydrogen (secondary N) is 2. The van der Waals surface area contributed by atoms with Crippen molar-refractivity contribution in [1.29, 1.82) is 0 Å². The van der Waals surface area contributed by atoms with Gasteiger partial charge in [-0.05, 0) is 11.6 Å². The molecule has 6 heteroatoms. The maximum atomic E-state index is 13.3. The average Bonchev–Trinajstić information content (AvgIpc) is 2.78. The molecule has 3 aromatic rings. The molecule has 0 saturated carbocycles. The Morgan fingerprint density at radius 3 is 2.13 bits per heavy atom. The number of rotatable bonds is 7. The molecule has 152 valence electrons. The third-order valence-electron chi connectivity index (χ3n) is 5.19. The molecule has 0 fully saturated rings. The standard InChI is InChI=1S/C24H23N3O3/c1-30-12-11-26-18-13-19(27-14-15-7-3-2-4-8-15)22(25)21-20(18)23(28)16-9-5-6-10-17(16)24(21)29/h2-10,13,26-27H,11-12,14,25H2,1H3. The number of ketones is 2. The van der Waals surface area contributed by atoms with Crippen molar-refractivity contribution in [3.8, 4) is 0 Å². The van der Waals surface area contributed by atoms with Crippen LogP contribution in [-0.2, 0) is 11.3 Å². The van der Waals surface area contributed by atoms with Crippen molar-refractivity contribution < 1.29 is 14.3 Å². The highest BCUT2D eigenvalue weighted by Gasteiger charge is 2.34. The monoisotopic (exact) mass is 401 g/mol. The highest BCUT2D eigenvalue weighted by molar-refractivity contribution is 6.32. The zero-order chi connectivity index (χ0) is 21.1. The van der Waals surface area contributed by atoms with Crippen LogP contribution in [0.3, 0.4) is 0 Å². The maximum Gasteiger partial charge on any atom is 0.196 e. The number of benzene rings is 3. The van der Waals surface area contributed by atoms with Gasteiger partial charge in [0.05, 0.1) is 29.1 Å². The number of nitrogen functional groups attached to an aromatic ring is 1. The van der Waals surface area contributed by atoms with Gasteiger partial charge < -0.3 is 21.1 Å². The largest absolute Gasteiger partial charge is 0.396 e. The van der Waals surface area contributed by atoms with E-state index in [4.69, 9.17) is 10.5 Å². The fraction of sp³-hybridized carbons (Fsp3) is 0.167. The maximum absolute atomic E-state index is 13.3. The Bertz CT molecular complexity index is 1110. The van der Waals surface area contributed by atoms with E-state index in [0.717, 1.165) is 5.56 Å². The molecule has 6 nitrogen and oxygen atoms in total. The zero-order valence-electron chi connectivity index (χ0n) is 16.7. The quantitative estimate of drug-likeness (QED) is 0.323. The zero-order valence-corrected chi connectivity index (χ0v) is 16.7. The topological polar surface area (TPSA) is 93.4 Å². The average molecular weight is 401 g/mol. The fourth-order valence-corrected chi connectivity index (χ4v) is 3.68. The summed E-state index contributed by atoms with van der Waals surface area (Å²) in [5.41, 5.74) is 10.3. The molecule has 1 aliphatic carbocycles. The van der Waals surface area contributed by atoms with Gasteiger partial charge in [-0.3, -0.25) is 9.59 Å². The summed E-state index contributed by atoms with van der Waals surface area (Å²) in [6, 6.07) is 18.5. The molecule has 0 bridgehead atoms. The van der Waals surface area contributed by atoms with E-state index in [1.54, 1.807) is 37.4 Å². The van der Waals surface area contributed by atoms with Crippen molar-refractivity contribution in [2.75, 3.05) is 36.6 Å². The van der Waals surface area contributed by atoms with Gasteiger partial charge in [0, 0.05) is 37.0 Å². The molecule has 4 rings (SSSR count). The Hall–Kier alpha value is -3.64. The van der Waals surface area contributed by atoms with E-state index in [0.29, 0.717) is 47.8 Å². The fourth-order valence-electron chi connectivity index (χ4n) is 3.68. The molecule has 3 aromatic carbocycles. The number of hydrogen-bond acceptors (Lipinski definition) is 6. The first-order chi connectivity index (χ1) is 14.6. The second-order valence-corrected chi connectivity index (χ2v) is 7.10. The van der Waals surface area contributed by atoms with Crippen LogP contribution in [0.2, 0.25) is 0 Å². The van der Waals surface area contributed by atoms with Crippen LogP contribution in [-0.4, -0.2) is 31.8 Å². The van der Waals surface area contributed by atoms with Gasteiger partial charge >= 0.3 is 0 Å². The van der Waals surface area contributed by atoms with Crippen LogP contribution in [0, 0.1) is 0 Å². The van der Waals surface area contributed by atoms with Gasteiger partial charge in [-0.25, -0.2) is 0 Å². The van der Waals surface area contributed by atoms with Crippen molar-refractivity contribution >= 4 is 28.6 Å². The minimum Gasteiger partial charge on any atom is -0.396 e. The molecule has 0 radical (unpaired) electrons. The third-order valence-corrected chi connectivity index (χ3v) is 5.19. The Kier molecular flexibility index (Phi) is 5.50. The van der Waals surface area contributed by atoms with Gasteiger partial charge in [0.2, 0.25) is 0 Å². The third kappa shape index (κ3) is 3.53. The van der Waals surface area contributed by atoms with E-state index in [-0.39, 0.29) is 22.8 Å². The molecule has 30 heavy (non-hydrogen) atoms. The number of nitrogens with two attached hydrogens (primary N) is 1. The number of carbonyl (C=O) groups is 2. The lowest BCUT2D eigenvalue weighted by atomic mass is 9.82. The van der Waals surface area contributed by atoms with Crippen LogP contribution < -0.4 is 16.4 Å². The summed E-state index contributed by atoms with van der Waals surface area (Å²) >= 11 is 0. The van der Waals surface area contributed by atoms with Crippen LogP contribution in [0.25, 0.3) is 0 Å². The van der Waals surface area contributed by atoms with Gasteiger partial charge in [0.1, 0.15) is 0 Å². The summed E-state index contributed by atoms with van der Waals surface area (Å²) in [5, 5.41) is 6.54. The first-order valence-corrected chi connectivity index (χ1v) is 9.77. The molecule has 0 spiro atoms. The predicted molar refractivity (Wildman–Crippen MR) is 118 cm³/mol. The van der Waals surface area contributed by atoms with Crippen LogP contribution in [0.5, 0.6) is 0 Å². The minimum atomic E-state index is -0.240. The molecule has 0 amide bonds. The van der Waals surface area contributed by atoms with Crippen molar-refractivity contribution in [1.82, 2.24) is 0 Å². The highest BCUT2D eigenvalue weighted by Crippen LogP contribution is 2.39. The molecular weight excluding hydrogens is 378 g/mol. The molecule has 0 unspecified atom stereocenters. The van der Waals surface area contributed by atoms with Gasteiger partial charge in [-0.2, -0.15) is 0 Å². The number of fused-ring (bicyclic) bond motifs is 2. The lowest BCUT2D eigenvalue weighted by Crippen LogP contribution is -2.25. The van der Waals surface area contributed by atoms with E-state index in [1.165, 1.54) is 0 Å². The second kappa shape index (κ2) is 8.39. The summed E-state index contributed by atoms with van der Waals surface area (Å²) in [5.74, 6) is -0.447. The summed E-state index contributed by atoms with van der Waals surface area (Å²) in [6.07, 6.45) is 0. The van der Waals surface area contributed by atoms with Gasteiger partial charge in [-0.1, -0.05) is 54.6 Å². The van der Waals surface area contributed by atoms with E-state index >= 15 is 0 Å². The summed E-state index contributed by atoms with van der Waals surface area (Å²) < 4.78 is 5.12. The summed E-state index contributed by atoms with van der Waals surface area (Å²) in [4.78, 5) is 26.5. The lowest BCUT2D eigenvalue weighted by Gasteiger charge is -2.24. The molecule has 0 aliphatic heterocycles. The van der Waals surface area contributed by atoms with Crippen molar-refractivity contribution in [2.24, 2.45) is 0 Å². The van der Waals surface area contributed by atoms with E-state index in [1.807, 2.05) is 30.3 Å². The SMILES string of the molecule is COCCNc1cc(NCc2ccccc2)c(N)c2c1C(=O)c1ccccc1C2=O. The first kappa shape index (κ1) is 19.7. The first-order valence-electron chi connectivity index (χ1n) is 9.77. The minimum absolute atomic E-state index is 0.207. The van der Waals surface area contributed by atoms with E-state index in [9.17, 15) is 9.59 Å². The van der Waals surface area contributed by atoms with Gasteiger partial charge in [-0.15, -0.1) is 0 Å². The van der Waals surface area contributed by atoms with Crippen LogP contribution in [0.4, 0.5) is 17.1 Å². The van der Waals surface area contributed by atoms with Crippen LogP contribution in [0.15, 0.2) is 60.7 Å². The number of anilines is 3. The normalized spacial score (nSPS) is 12.3. The number of carbonyl (C=O) groups excluding carboxylic acids is 2. The van der Waals surface area contributed by atoms with Crippen molar-refractivity contribution in [2.45, 2.75) is 6.54 Å². The van der Waals surface area contributed by atoms with Crippen LogP contribution >= 0.6 is 0 Å². The van der Waals surface area contributed by atoms with E-state index in [2.05, 4.69) is 10.6 Å². The molecule has 0 saturated heterocycles. The van der Waals surface area contributed by atoms with E-state index < -0.39 is 0 Å². The Balaban J connectivity index is 1.79. The lowest BCUT2D eigenvalue weighted by molar-refractivity contribution is 0.0980. The molecule has 0 atom stereocenters. The molecule has 1 aliphatic rings. The van der Waals surface area contributed by atoms with Crippen molar-refractivity contribution in [3.63, 3.8) is 0 Å².